The normalized spacial score (nSPS) is 18.1. The lowest BCUT2D eigenvalue weighted by molar-refractivity contribution is 0.340. The predicted octanol–water partition coefficient (Wildman–Crippen LogP) is 5.72. The van der Waals surface area contributed by atoms with Crippen molar-refractivity contribution in [2.75, 3.05) is 13.1 Å². The average molecular weight is 432 g/mol. The lowest BCUT2D eigenvalue weighted by Gasteiger charge is -2.24. The molecule has 1 saturated carbocycles. The number of hydrogen-bond acceptors (Lipinski definition) is 5. The maximum Gasteiger partial charge on any atom is 0.219 e. The maximum atomic E-state index is 6.28. The zero-order chi connectivity index (χ0) is 21.9. The summed E-state index contributed by atoms with van der Waals surface area (Å²) in [5, 5.41) is 12.3. The highest BCUT2D eigenvalue weighted by Gasteiger charge is 2.23. The van der Waals surface area contributed by atoms with Crippen molar-refractivity contribution < 1.29 is 4.74 Å². The molecule has 2 aromatic heterocycles. The first kappa shape index (κ1) is 21.1. The molecule has 6 heteroatoms. The van der Waals surface area contributed by atoms with Crippen LogP contribution in [-0.2, 0) is 0 Å². The number of nitrogens with one attached hydrogen (secondary N) is 1. The van der Waals surface area contributed by atoms with Gasteiger partial charge in [0.25, 0.3) is 0 Å². The highest BCUT2D eigenvalue weighted by molar-refractivity contribution is 5.58. The van der Waals surface area contributed by atoms with Crippen LogP contribution in [0.15, 0.2) is 36.4 Å². The molecule has 1 aliphatic carbocycles. The van der Waals surface area contributed by atoms with Crippen molar-refractivity contribution in [1.82, 2.24) is 25.3 Å². The summed E-state index contributed by atoms with van der Waals surface area (Å²) in [5.74, 6) is 2.13. The molecule has 2 fully saturated rings. The standard InChI is InChI=1S/C26H33N5O/c1-18-15-21(20-7-4-3-5-8-20)17-23(16-18)32-25-10-6-9-24(28-25)26-19(2)29-30-31(26)22-11-13-27-14-12-22/h6,9-10,15-17,20,22,27H,3-5,7-8,11-14H2,1-2H3. The fraction of sp³-hybridized carbons (Fsp3) is 0.500. The van der Waals surface area contributed by atoms with Gasteiger partial charge in [-0.1, -0.05) is 36.6 Å². The minimum Gasteiger partial charge on any atom is -0.439 e. The number of benzene rings is 1. The topological polar surface area (TPSA) is 64.9 Å². The molecule has 0 bridgehead atoms. The summed E-state index contributed by atoms with van der Waals surface area (Å²) in [6, 6.07) is 13.0. The lowest BCUT2D eigenvalue weighted by atomic mass is 9.83. The molecule has 0 amide bonds. The predicted molar refractivity (Wildman–Crippen MR) is 126 cm³/mol. The summed E-state index contributed by atoms with van der Waals surface area (Å²) in [6.45, 7) is 6.17. The van der Waals surface area contributed by atoms with Crippen molar-refractivity contribution in [3.8, 4) is 23.0 Å². The fourth-order valence-electron chi connectivity index (χ4n) is 5.21. The number of hydrogen-bond donors (Lipinski definition) is 1. The maximum absolute atomic E-state index is 6.28. The molecule has 32 heavy (non-hydrogen) atoms. The van der Waals surface area contributed by atoms with E-state index in [-0.39, 0.29) is 0 Å². The Hall–Kier alpha value is -2.73. The van der Waals surface area contributed by atoms with Crippen LogP contribution in [0.25, 0.3) is 11.4 Å². The Balaban J connectivity index is 1.41. The molecule has 3 aromatic rings. The van der Waals surface area contributed by atoms with Crippen molar-refractivity contribution in [3.05, 3.63) is 53.2 Å². The van der Waals surface area contributed by atoms with Gasteiger partial charge in [-0.15, -0.1) is 5.10 Å². The molecule has 1 aliphatic heterocycles. The van der Waals surface area contributed by atoms with Crippen LogP contribution >= 0.6 is 0 Å². The number of rotatable bonds is 5. The molecular weight excluding hydrogens is 398 g/mol. The van der Waals surface area contributed by atoms with Gasteiger partial charge in [0, 0.05) is 6.07 Å². The summed E-state index contributed by atoms with van der Waals surface area (Å²) in [4.78, 5) is 4.86. The van der Waals surface area contributed by atoms with E-state index in [2.05, 4.69) is 45.4 Å². The van der Waals surface area contributed by atoms with E-state index in [9.17, 15) is 0 Å². The zero-order valence-electron chi connectivity index (χ0n) is 19.2. The minimum absolute atomic E-state index is 0.355. The van der Waals surface area contributed by atoms with E-state index < -0.39 is 0 Å². The second kappa shape index (κ2) is 9.41. The number of pyridine rings is 1. The van der Waals surface area contributed by atoms with E-state index in [1.54, 1.807) is 0 Å². The molecule has 0 spiro atoms. The molecule has 0 unspecified atom stereocenters. The van der Waals surface area contributed by atoms with Gasteiger partial charge < -0.3 is 10.1 Å². The van der Waals surface area contributed by atoms with Crippen LogP contribution in [0, 0.1) is 13.8 Å². The molecule has 1 aromatic carbocycles. The fourth-order valence-corrected chi connectivity index (χ4v) is 5.21. The second-order valence-corrected chi connectivity index (χ2v) is 9.33. The molecule has 0 radical (unpaired) electrons. The van der Waals surface area contributed by atoms with Gasteiger partial charge in [-0.2, -0.15) is 0 Å². The molecule has 1 N–H and O–H groups in total. The van der Waals surface area contributed by atoms with Crippen molar-refractivity contribution in [2.45, 2.75) is 70.8 Å². The van der Waals surface area contributed by atoms with E-state index in [0.29, 0.717) is 17.8 Å². The third-order valence-corrected chi connectivity index (χ3v) is 6.86. The molecule has 168 valence electrons. The van der Waals surface area contributed by atoms with Gasteiger partial charge in [0.05, 0.1) is 17.4 Å². The molecule has 2 aliphatic rings. The van der Waals surface area contributed by atoms with Gasteiger partial charge in [0.1, 0.15) is 11.4 Å². The first-order valence-electron chi connectivity index (χ1n) is 12.1. The first-order chi connectivity index (χ1) is 15.7. The zero-order valence-corrected chi connectivity index (χ0v) is 19.2. The van der Waals surface area contributed by atoms with E-state index in [4.69, 9.17) is 9.72 Å². The van der Waals surface area contributed by atoms with E-state index in [0.717, 1.165) is 48.8 Å². The molecule has 6 nitrogen and oxygen atoms in total. The summed E-state index contributed by atoms with van der Waals surface area (Å²) < 4.78 is 8.35. The number of nitrogens with zero attached hydrogens (tertiary/aromatic N) is 4. The second-order valence-electron chi connectivity index (χ2n) is 9.33. The van der Waals surface area contributed by atoms with Crippen LogP contribution in [0.3, 0.4) is 0 Å². The largest absolute Gasteiger partial charge is 0.439 e. The molecule has 1 saturated heterocycles. The summed E-state index contributed by atoms with van der Waals surface area (Å²) in [6.07, 6.45) is 8.70. The third kappa shape index (κ3) is 4.56. The molecule has 3 heterocycles. The van der Waals surface area contributed by atoms with Crippen molar-refractivity contribution in [1.29, 1.82) is 0 Å². The van der Waals surface area contributed by atoms with Crippen molar-refractivity contribution in [3.63, 3.8) is 0 Å². The Bertz CT molecular complexity index is 1060. The Morgan fingerprint density at radius 2 is 1.78 bits per heavy atom. The highest BCUT2D eigenvalue weighted by Crippen LogP contribution is 2.36. The number of aromatic nitrogens is 4. The highest BCUT2D eigenvalue weighted by atomic mass is 16.5. The van der Waals surface area contributed by atoms with Crippen LogP contribution in [0.2, 0.25) is 0 Å². The Labute approximate surface area is 190 Å². The number of aryl methyl sites for hydroxylation is 2. The smallest absolute Gasteiger partial charge is 0.219 e. The minimum atomic E-state index is 0.355. The van der Waals surface area contributed by atoms with E-state index >= 15 is 0 Å². The van der Waals surface area contributed by atoms with Gasteiger partial charge in [-0.25, -0.2) is 9.67 Å². The van der Waals surface area contributed by atoms with Gasteiger partial charge in [0.2, 0.25) is 5.88 Å². The summed E-state index contributed by atoms with van der Waals surface area (Å²) in [7, 11) is 0. The number of ether oxygens (including phenoxy) is 1. The Kier molecular flexibility index (Phi) is 6.21. The summed E-state index contributed by atoms with van der Waals surface area (Å²) >= 11 is 0. The summed E-state index contributed by atoms with van der Waals surface area (Å²) in [5.41, 5.74) is 5.41. The van der Waals surface area contributed by atoms with E-state index in [1.165, 1.54) is 43.2 Å². The van der Waals surface area contributed by atoms with Gasteiger partial charge in [-0.3, -0.25) is 0 Å². The van der Waals surface area contributed by atoms with Crippen LogP contribution in [-0.4, -0.2) is 33.1 Å². The lowest BCUT2D eigenvalue weighted by Crippen LogP contribution is -2.30. The van der Waals surface area contributed by atoms with Crippen LogP contribution < -0.4 is 10.1 Å². The van der Waals surface area contributed by atoms with Crippen molar-refractivity contribution >= 4 is 0 Å². The Morgan fingerprint density at radius 3 is 2.59 bits per heavy atom. The van der Waals surface area contributed by atoms with E-state index in [1.807, 2.05) is 25.1 Å². The van der Waals surface area contributed by atoms with Crippen LogP contribution in [0.4, 0.5) is 0 Å². The quantitative estimate of drug-likeness (QED) is 0.559. The van der Waals surface area contributed by atoms with Gasteiger partial charge in [-0.05, 0) is 87.9 Å². The molecule has 0 atom stereocenters. The Morgan fingerprint density at radius 1 is 0.969 bits per heavy atom. The SMILES string of the molecule is Cc1cc(Oc2cccc(-c3c(C)nnn3C3CCNCC3)n2)cc(C2CCCCC2)c1. The third-order valence-electron chi connectivity index (χ3n) is 6.86. The van der Waals surface area contributed by atoms with Gasteiger partial charge in [0.15, 0.2) is 0 Å². The van der Waals surface area contributed by atoms with Crippen LogP contribution in [0.1, 0.15) is 73.7 Å². The monoisotopic (exact) mass is 431 g/mol. The molecular formula is C26H33N5O. The number of piperidine rings is 1. The average Bonchev–Trinajstić information content (AvgIpc) is 3.21. The van der Waals surface area contributed by atoms with Crippen LogP contribution in [0.5, 0.6) is 11.6 Å². The van der Waals surface area contributed by atoms with Crippen molar-refractivity contribution in [2.24, 2.45) is 0 Å². The first-order valence-corrected chi connectivity index (χ1v) is 12.1. The van der Waals surface area contributed by atoms with Gasteiger partial charge >= 0.3 is 0 Å². The molecule has 5 rings (SSSR count).